The van der Waals surface area contributed by atoms with Gasteiger partial charge in [-0.1, -0.05) is 36.4 Å². The van der Waals surface area contributed by atoms with Crippen LogP contribution in [0.2, 0.25) is 0 Å². The van der Waals surface area contributed by atoms with Crippen molar-refractivity contribution in [2.24, 2.45) is 0 Å². The smallest absolute Gasteiger partial charge is 0.142 e. The van der Waals surface area contributed by atoms with Crippen molar-refractivity contribution in [1.82, 2.24) is 4.90 Å². The molecule has 0 radical (unpaired) electrons. The molecule has 2 aromatic rings. The molecule has 2 aliphatic heterocycles. The summed E-state index contributed by atoms with van der Waals surface area (Å²) < 4.78 is 12.1. The minimum atomic E-state index is -0.0347. The molecular formula is C22H25NO2. The van der Waals surface area contributed by atoms with E-state index in [-0.39, 0.29) is 6.10 Å². The van der Waals surface area contributed by atoms with E-state index < -0.39 is 0 Å². The summed E-state index contributed by atoms with van der Waals surface area (Å²) in [5.74, 6) is 1.87. The molecule has 3 nitrogen and oxygen atoms in total. The first-order valence-corrected chi connectivity index (χ1v) is 9.20. The summed E-state index contributed by atoms with van der Waals surface area (Å²) in [6, 6.07) is 16.9. The molecule has 0 spiro atoms. The molecule has 4 rings (SSSR count). The van der Waals surface area contributed by atoms with Crippen LogP contribution in [0.15, 0.2) is 54.6 Å². The average Bonchev–Trinajstić information content (AvgIpc) is 3.21. The van der Waals surface area contributed by atoms with Crippen molar-refractivity contribution in [2.75, 3.05) is 19.7 Å². The van der Waals surface area contributed by atoms with Crippen molar-refractivity contribution < 1.29 is 9.47 Å². The first kappa shape index (κ1) is 16.2. The number of nitrogens with zero attached hydrogens (tertiary/aromatic N) is 1. The minimum absolute atomic E-state index is 0.0347. The second-order valence-electron chi connectivity index (χ2n) is 6.91. The molecule has 0 aliphatic carbocycles. The van der Waals surface area contributed by atoms with Crippen molar-refractivity contribution in [3.05, 3.63) is 65.7 Å². The van der Waals surface area contributed by atoms with Crippen LogP contribution in [0.5, 0.6) is 11.5 Å². The Labute approximate surface area is 149 Å². The molecule has 0 N–H and O–H groups in total. The van der Waals surface area contributed by atoms with Gasteiger partial charge in [0.25, 0.3) is 0 Å². The summed E-state index contributed by atoms with van der Waals surface area (Å²) in [5.41, 5.74) is 2.28. The predicted octanol–water partition coefficient (Wildman–Crippen LogP) is 4.70. The van der Waals surface area contributed by atoms with Gasteiger partial charge in [-0.2, -0.15) is 0 Å². The lowest BCUT2D eigenvalue weighted by Crippen LogP contribution is -2.34. The van der Waals surface area contributed by atoms with Crippen molar-refractivity contribution in [2.45, 2.75) is 31.9 Å². The van der Waals surface area contributed by atoms with Crippen LogP contribution >= 0.6 is 0 Å². The summed E-state index contributed by atoms with van der Waals surface area (Å²) in [6.45, 7) is 5.40. The summed E-state index contributed by atoms with van der Waals surface area (Å²) in [4.78, 5) is 2.51. The Morgan fingerprint density at radius 1 is 1.08 bits per heavy atom. The predicted molar refractivity (Wildman–Crippen MR) is 101 cm³/mol. The fourth-order valence-electron chi connectivity index (χ4n) is 3.53. The molecule has 0 bridgehead atoms. The molecule has 2 aromatic carbocycles. The van der Waals surface area contributed by atoms with E-state index in [4.69, 9.17) is 9.47 Å². The van der Waals surface area contributed by atoms with E-state index in [0.717, 1.165) is 29.2 Å². The maximum absolute atomic E-state index is 6.09. The molecule has 0 amide bonds. The van der Waals surface area contributed by atoms with Crippen LogP contribution in [0, 0.1) is 0 Å². The zero-order valence-corrected chi connectivity index (χ0v) is 14.7. The van der Waals surface area contributed by atoms with Crippen molar-refractivity contribution >= 4 is 6.08 Å². The van der Waals surface area contributed by atoms with E-state index in [9.17, 15) is 0 Å². The fraction of sp³-hybridized carbons (Fsp3) is 0.364. The van der Waals surface area contributed by atoms with Gasteiger partial charge < -0.3 is 9.47 Å². The number of ether oxygens (including phenoxy) is 2. The van der Waals surface area contributed by atoms with Crippen LogP contribution in [-0.2, 0) is 0 Å². The zero-order valence-electron chi connectivity index (χ0n) is 14.7. The van der Waals surface area contributed by atoms with Crippen LogP contribution in [0.4, 0.5) is 0 Å². The van der Waals surface area contributed by atoms with Crippen LogP contribution in [0.25, 0.3) is 6.08 Å². The molecule has 130 valence electrons. The third kappa shape index (κ3) is 3.72. The van der Waals surface area contributed by atoms with E-state index in [1.807, 2.05) is 30.3 Å². The first-order valence-electron chi connectivity index (χ1n) is 9.20. The SMILES string of the molecule is C[C@H](COc1ccc(C2C=Cc3ccccc3O2)cc1)N1CCCC1. The molecule has 2 heterocycles. The lowest BCUT2D eigenvalue weighted by Gasteiger charge is -2.24. The summed E-state index contributed by atoms with van der Waals surface area (Å²) in [6.07, 6.45) is 6.83. The second-order valence-corrected chi connectivity index (χ2v) is 6.91. The number of para-hydroxylation sites is 1. The molecule has 3 heteroatoms. The van der Waals surface area contributed by atoms with E-state index in [1.54, 1.807) is 0 Å². The number of fused-ring (bicyclic) bond motifs is 1. The normalized spacial score (nSPS) is 20.8. The number of hydrogen-bond donors (Lipinski definition) is 0. The molecular weight excluding hydrogens is 310 g/mol. The number of likely N-dealkylation sites (tertiary alicyclic amines) is 1. The van der Waals surface area contributed by atoms with E-state index in [1.165, 1.54) is 25.9 Å². The Morgan fingerprint density at radius 2 is 1.84 bits per heavy atom. The zero-order chi connectivity index (χ0) is 17.1. The third-order valence-electron chi connectivity index (χ3n) is 5.09. The number of hydrogen-bond acceptors (Lipinski definition) is 3. The Morgan fingerprint density at radius 3 is 2.64 bits per heavy atom. The highest BCUT2D eigenvalue weighted by Crippen LogP contribution is 2.32. The van der Waals surface area contributed by atoms with Crippen LogP contribution in [-0.4, -0.2) is 30.6 Å². The summed E-state index contributed by atoms with van der Waals surface area (Å²) in [7, 11) is 0. The quantitative estimate of drug-likeness (QED) is 0.791. The van der Waals surface area contributed by atoms with Gasteiger partial charge in [0.2, 0.25) is 0 Å². The van der Waals surface area contributed by atoms with Gasteiger partial charge in [-0.15, -0.1) is 0 Å². The topological polar surface area (TPSA) is 21.7 Å². The molecule has 1 fully saturated rings. The molecule has 2 aliphatic rings. The number of benzene rings is 2. The van der Waals surface area contributed by atoms with Crippen molar-refractivity contribution in [1.29, 1.82) is 0 Å². The Bertz CT molecular complexity index is 732. The van der Waals surface area contributed by atoms with Gasteiger partial charge in [0.05, 0.1) is 0 Å². The monoisotopic (exact) mass is 335 g/mol. The molecule has 2 atom stereocenters. The standard InChI is InChI=1S/C22H25NO2/c1-17(23-14-4-5-15-23)16-24-20-11-8-19(9-12-20)22-13-10-18-6-2-3-7-21(18)25-22/h2-3,6-13,17,22H,4-5,14-16H2,1H3/t17-,22?/m1/s1. The van der Waals surface area contributed by atoms with Crippen molar-refractivity contribution in [3.63, 3.8) is 0 Å². The maximum Gasteiger partial charge on any atom is 0.142 e. The highest BCUT2D eigenvalue weighted by molar-refractivity contribution is 5.60. The van der Waals surface area contributed by atoms with E-state index in [2.05, 4.69) is 42.2 Å². The summed E-state index contributed by atoms with van der Waals surface area (Å²) >= 11 is 0. The second kappa shape index (κ2) is 7.32. The lowest BCUT2D eigenvalue weighted by molar-refractivity contribution is 0.172. The first-order chi connectivity index (χ1) is 12.3. The Kier molecular flexibility index (Phi) is 4.75. The molecule has 1 saturated heterocycles. The number of rotatable bonds is 5. The Balaban J connectivity index is 1.36. The van der Waals surface area contributed by atoms with Gasteiger partial charge in [0, 0.05) is 11.6 Å². The molecule has 0 aromatic heterocycles. The molecule has 25 heavy (non-hydrogen) atoms. The van der Waals surface area contributed by atoms with E-state index in [0.29, 0.717) is 6.04 Å². The van der Waals surface area contributed by atoms with E-state index >= 15 is 0 Å². The van der Waals surface area contributed by atoms with Gasteiger partial charge in [-0.25, -0.2) is 0 Å². The van der Waals surface area contributed by atoms with Crippen LogP contribution in [0.1, 0.15) is 37.0 Å². The van der Waals surface area contributed by atoms with Crippen molar-refractivity contribution in [3.8, 4) is 11.5 Å². The maximum atomic E-state index is 6.09. The highest BCUT2D eigenvalue weighted by atomic mass is 16.5. The largest absolute Gasteiger partial charge is 0.492 e. The Hall–Kier alpha value is -2.26. The molecule has 1 unspecified atom stereocenters. The fourth-order valence-corrected chi connectivity index (χ4v) is 3.53. The minimum Gasteiger partial charge on any atom is -0.492 e. The average molecular weight is 335 g/mol. The van der Waals surface area contributed by atoms with Crippen LogP contribution in [0.3, 0.4) is 0 Å². The molecule has 0 saturated carbocycles. The third-order valence-corrected chi connectivity index (χ3v) is 5.09. The summed E-state index contributed by atoms with van der Waals surface area (Å²) in [5, 5.41) is 0. The van der Waals surface area contributed by atoms with Crippen LogP contribution < -0.4 is 9.47 Å². The lowest BCUT2D eigenvalue weighted by atomic mass is 10.0. The van der Waals surface area contributed by atoms with Gasteiger partial charge in [0.1, 0.15) is 24.2 Å². The van der Waals surface area contributed by atoms with Gasteiger partial charge in [-0.05, 0) is 62.7 Å². The van der Waals surface area contributed by atoms with Gasteiger partial charge in [0.15, 0.2) is 0 Å². The van der Waals surface area contributed by atoms with Gasteiger partial charge in [-0.3, -0.25) is 4.90 Å². The van der Waals surface area contributed by atoms with Gasteiger partial charge >= 0.3 is 0 Å². The highest BCUT2D eigenvalue weighted by Gasteiger charge is 2.19.